The molecule has 1 unspecified atom stereocenters. The van der Waals surface area contributed by atoms with Crippen LogP contribution in [0.3, 0.4) is 0 Å². The van der Waals surface area contributed by atoms with E-state index in [4.69, 9.17) is 47.9 Å². The zero-order valence-electron chi connectivity index (χ0n) is 18.3. The summed E-state index contributed by atoms with van der Waals surface area (Å²) in [6.45, 7) is 3.57. The summed E-state index contributed by atoms with van der Waals surface area (Å²) in [7, 11) is 1.53. The van der Waals surface area contributed by atoms with Crippen LogP contribution in [0.5, 0.6) is 11.5 Å². The highest BCUT2D eigenvalue weighted by atomic mass is 35.5. The maximum absolute atomic E-state index is 12.7. The van der Waals surface area contributed by atoms with E-state index in [1.807, 2.05) is 0 Å². The summed E-state index contributed by atoms with van der Waals surface area (Å²) in [5, 5.41) is 10.4. The molecule has 0 amide bonds. The summed E-state index contributed by atoms with van der Waals surface area (Å²) in [6.07, 6.45) is 0. The van der Waals surface area contributed by atoms with Gasteiger partial charge >= 0.3 is 5.97 Å². The average molecular weight is 489 g/mol. The number of nitrogens with zero attached hydrogens (tertiary/aromatic N) is 1. The van der Waals surface area contributed by atoms with E-state index in [1.165, 1.54) is 7.11 Å². The number of ether oxygens (including phenoxy) is 4. The molecule has 2 N–H and O–H groups in total. The number of nitriles is 1. The van der Waals surface area contributed by atoms with Crippen LogP contribution in [0, 0.1) is 11.3 Å². The number of rotatable bonds is 7. The minimum absolute atomic E-state index is 0.0626. The second-order valence-electron chi connectivity index (χ2n) is 7.03. The molecule has 0 radical (unpaired) electrons. The van der Waals surface area contributed by atoms with Gasteiger partial charge in [0.2, 0.25) is 5.88 Å². The minimum atomic E-state index is -0.776. The first-order valence-electron chi connectivity index (χ1n) is 10.0. The van der Waals surface area contributed by atoms with Crippen LogP contribution in [0.1, 0.15) is 30.9 Å². The first-order chi connectivity index (χ1) is 15.8. The molecule has 1 atom stereocenters. The van der Waals surface area contributed by atoms with Crippen molar-refractivity contribution in [2.45, 2.75) is 26.4 Å². The Morgan fingerprint density at radius 3 is 2.67 bits per heavy atom. The summed E-state index contributed by atoms with van der Waals surface area (Å²) in [5.74, 6) is -0.186. The first kappa shape index (κ1) is 24.3. The zero-order chi connectivity index (χ0) is 24.1. The maximum Gasteiger partial charge on any atom is 0.338 e. The number of benzene rings is 2. The molecule has 1 heterocycles. The summed E-state index contributed by atoms with van der Waals surface area (Å²) in [5.41, 5.74) is 7.57. The van der Waals surface area contributed by atoms with Crippen LogP contribution >= 0.6 is 23.2 Å². The van der Waals surface area contributed by atoms with E-state index in [0.717, 1.165) is 0 Å². The van der Waals surface area contributed by atoms with E-state index in [9.17, 15) is 10.1 Å². The normalized spacial score (nSPS) is 15.6. The van der Waals surface area contributed by atoms with E-state index in [0.29, 0.717) is 32.7 Å². The Morgan fingerprint density at radius 1 is 1.24 bits per heavy atom. The third-order valence-corrected chi connectivity index (χ3v) is 5.84. The number of nitrogens with two attached hydrogens (primary N) is 1. The van der Waals surface area contributed by atoms with Crippen molar-refractivity contribution in [3.05, 3.63) is 80.4 Å². The van der Waals surface area contributed by atoms with Gasteiger partial charge in [-0.05, 0) is 43.7 Å². The molecular formula is C24H22Cl2N2O5. The highest BCUT2D eigenvalue weighted by molar-refractivity contribution is 6.42. The SMILES string of the molecule is CCOC(=O)C1=C(C)OC(N)=C(C#N)C1c1ccc(OC)c(COc2cccc(Cl)c2Cl)c1. The molecule has 7 nitrogen and oxygen atoms in total. The number of methoxy groups -OCH3 is 1. The number of hydrogen-bond acceptors (Lipinski definition) is 7. The van der Waals surface area contributed by atoms with Crippen molar-refractivity contribution >= 4 is 29.2 Å². The van der Waals surface area contributed by atoms with Gasteiger partial charge in [0.1, 0.15) is 40.5 Å². The topological polar surface area (TPSA) is 104 Å². The van der Waals surface area contributed by atoms with Crippen molar-refractivity contribution in [3.63, 3.8) is 0 Å². The Morgan fingerprint density at radius 2 is 2.00 bits per heavy atom. The van der Waals surface area contributed by atoms with Crippen molar-refractivity contribution in [2.75, 3.05) is 13.7 Å². The van der Waals surface area contributed by atoms with Gasteiger partial charge in [-0.15, -0.1) is 0 Å². The lowest BCUT2D eigenvalue weighted by Gasteiger charge is -2.27. The van der Waals surface area contributed by atoms with Gasteiger partial charge in [-0.25, -0.2) is 4.79 Å². The highest BCUT2D eigenvalue weighted by Gasteiger charge is 2.36. The number of carbonyl (C=O) groups is 1. The molecule has 33 heavy (non-hydrogen) atoms. The third-order valence-electron chi connectivity index (χ3n) is 5.04. The van der Waals surface area contributed by atoms with E-state index in [1.54, 1.807) is 50.2 Å². The van der Waals surface area contributed by atoms with Crippen LogP contribution in [0.2, 0.25) is 10.0 Å². The number of hydrogen-bond donors (Lipinski definition) is 1. The third kappa shape index (κ3) is 5.03. The molecule has 0 aliphatic carbocycles. The van der Waals surface area contributed by atoms with Gasteiger partial charge < -0.3 is 24.7 Å². The van der Waals surface area contributed by atoms with Crippen molar-refractivity contribution in [3.8, 4) is 17.6 Å². The fraction of sp³-hybridized carbons (Fsp3) is 0.250. The number of allylic oxidation sites excluding steroid dienone is 2. The Labute approximate surface area is 201 Å². The summed E-state index contributed by atoms with van der Waals surface area (Å²) < 4.78 is 22.0. The summed E-state index contributed by atoms with van der Waals surface area (Å²) in [4.78, 5) is 12.7. The Balaban J connectivity index is 2.05. The molecule has 172 valence electrons. The molecule has 2 aromatic carbocycles. The van der Waals surface area contributed by atoms with E-state index >= 15 is 0 Å². The number of halogens is 2. The van der Waals surface area contributed by atoms with Crippen LogP contribution < -0.4 is 15.2 Å². The standard InChI is InChI=1S/C24H22Cl2N2O5/c1-4-31-24(29)20-13(2)33-23(28)16(11-27)21(20)14-8-9-18(30-3)15(10-14)12-32-19-7-5-6-17(25)22(19)26/h5-10,21H,4,12,28H2,1-3H3. The van der Waals surface area contributed by atoms with Crippen LogP contribution in [-0.2, 0) is 20.9 Å². The molecule has 0 fully saturated rings. The maximum atomic E-state index is 12.7. The lowest BCUT2D eigenvalue weighted by atomic mass is 9.82. The molecule has 0 saturated heterocycles. The summed E-state index contributed by atoms with van der Waals surface area (Å²) in [6, 6.07) is 12.4. The van der Waals surface area contributed by atoms with Gasteiger partial charge in [0.25, 0.3) is 0 Å². The minimum Gasteiger partial charge on any atom is -0.496 e. The summed E-state index contributed by atoms with van der Waals surface area (Å²) >= 11 is 12.3. The predicted octanol–water partition coefficient (Wildman–Crippen LogP) is 5.23. The van der Waals surface area contributed by atoms with Gasteiger partial charge in [0.15, 0.2) is 0 Å². The second kappa shape index (κ2) is 10.5. The Kier molecular flexibility index (Phi) is 7.75. The van der Waals surface area contributed by atoms with E-state index in [2.05, 4.69) is 6.07 Å². The van der Waals surface area contributed by atoms with Crippen molar-refractivity contribution in [1.82, 2.24) is 0 Å². The fourth-order valence-electron chi connectivity index (χ4n) is 3.53. The number of esters is 1. The van der Waals surface area contributed by atoms with Crippen LogP contribution in [0.15, 0.2) is 59.2 Å². The van der Waals surface area contributed by atoms with Gasteiger partial charge in [0, 0.05) is 5.56 Å². The smallest absolute Gasteiger partial charge is 0.338 e. The quantitative estimate of drug-likeness (QED) is 0.532. The van der Waals surface area contributed by atoms with E-state index < -0.39 is 11.9 Å². The predicted molar refractivity (Wildman–Crippen MR) is 124 cm³/mol. The first-order valence-corrected chi connectivity index (χ1v) is 10.8. The van der Waals surface area contributed by atoms with E-state index in [-0.39, 0.29) is 36.0 Å². The molecule has 1 aliphatic heterocycles. The molecule has 2 aromatic rings. The molecule has 0 saturated carbocycles. The van der Waals surface area contributed by atoms with Crippen LogP contribution in [0.4, 0.5) is 0 Å². The van der Waals surface area contributed by atoms with Crippen LogP contribution in [0.25, 0.3) is 0 Å². The van der Waals surface area contributed by atoms with Gasteiger partial charge in [-0.3, -0.25) is 0 Å². The van der Waals surface area contributed by atoms with Gasteiger partial charge in [0.05, 0.1) is 30.2 Å². The zero-order valence-corrected chi connectivity index (χ0v) is 19.8. The molecule has 1 aliphatic rings. The Hall–Kier alpha value is -3.34. The lowest BCUT2D eigenvalue weighted by molar-refractivity contribution is -0.139. The monoisotopic (exact) mass is 488 g/mol. The van der Waals surface area contributed by atoms with Gasteiger partial charge in [-0.1, -0.05) is 35.3 Å². The molecular weight excluding hydrogens is 467 g/mol. The number of carbonyl (C=O) groups excluding carboxylic acids is 1. The molecule has 0 spiro atoms. The van der Waals surface area contributed by atoms with Crippen LogP contribution in [-0.4, -0.2) is 19.7 Å². The largest absolute Gasteiger partial charge is 0.496 e. The highest BCUT2D eigenvalue weighted by Crippen LogP contribution is 2.41. The van der Waals surface area contributed by atoms with Gasteiger partial charge in [-0.2, -0.15) is 5.26 Å². The van der Waals surface area contributed by atoms with Crippen molar-refractivity contribution < 1.29 is 23.7 Å². The average Bonchev–Trinajstić information content (AvgIpc) is 2.79. The lowest BCUT2D eigenvalue weighted by Crippen LogP contribution is -2.25. The molecule has 0 aromatic heterocycles. The van der Waals surface area contributed by atoms with Crippen molar-refractivity contribution in [1.29, 1.82) is 5.26 Å². The molecule has 3 rings (SSSR count). The molecule has 9 heteroatoms. The fourth-order valence-corrected chi connectivity index (χ4v) is 3.88. The second-order valence-corrected chi connectivity index (χ2v) is 7.81. The Bertz CT molecular complexity index is 1180. The van der Waals surface area contributed by atoms with Crippen molar-refractivity contribution in [2.24, 2.45) is 5.73 Å². The molecule has 0 bridgehead atoms.